The summed E-state index contributed by atoms with van der Waals surface area (Å²) in [7, 11) is 0. The summed E-state index contributed by atoms with van der Waals surface area (Å²) in [5.74, 6) is 1.92. The molecule has 94 valence electrons. The molecule has 0 amide bonds. The van der Waals surface area contributed by atoms with Gasteiger partial charge < -0.3 is 10.6 Å². The maximum absolute atomic E-state index is 5.86. The summed E-state index contributed by atoms with van der Waals surface area (Å²) in [4.78, 5) is 2.66. The molecule has 1 saturated heterocycles. The minimum Gasteiger partial charge on any atom is -0.330 e. The molecule has 0 aromatic rings. The van der Waals surface area contributed by atoms with Gasteiger partial charge in [-0.05, 0) is 49.6 Å². The zero-order chi connectivity index (χ0) is 11.6. The van der Waals surface area contributed by atoms with Crippen LogP contribution in [0.5, 0.6) is 0 Å². The Hall–Kier alpha value is -0.0800. The van der Waals surface area contributed by atoms with Gasteiger partial charge in [0.2, 0.25) is 0 Å². The van der Waals surface area contributed by atoms with Crippen molar-refractivity contribution < 1.29 is 0 Å². The summed E-state index contributed by atoms with van der Waals surface area (Å²) < 4.78 is 0. The summed E-state index contributed by atoms with van der Waals surface area (Å²) in [6, 6.07) is 0. The summed E-state index contributed by atoms with van der Waals surface area (Å²) in [6.45, 7) is 9.45. The fourth-order valence-electron chi connectivity index (χ4n) is 3.54. The summed E-state index contributed by atoms with van der Waals surface area (Å²) in [5, 5.41) is 0. The van der Waals surface area contributed by atoms with Crippen molar-refractivity contribution in [1.82, 2.24) is 4.90 Å². The monoisotopic (exact) mass is 224 g/mol. The van der Waals surface area contributed by atoms with Gasteiger partial charge in [-0.1, -0.05) is 26.7 Å². The predicted octanol–water partition coefficient (Wildman–Crippen LogP) is 2.48. The standard InChI is InChI=1S/C14H28N2/c1-12-4-3-5-13(8-12)9-16-7-6-14(2,10-15)11-16/h12-13H,3-11,15H2,1-2H3. The van der Waals surface area contributed by atoms with Gasteiger partial charge in [0, 0.05) is 13.1 Å². The SMILES string of the molecule is CC1CCCC(CN2CCC(C)(CN)C2)C1. The van der Waals surface area contributed by atoms with Gasteiger partial charge in [0.15, 0.2) is 0 Å². The number of nitrogens with two attached hydrogens (primary N) is 1. The molecule has 0 radical (unpaired) electrons. The highest BCUT2D eigenvalue weighted by Crippen LogP contribution is 2.33. The van der Waals surface area contributed by atoms with Crippen LogP contribution in [0.2, 0.25) is 0 Å². The van der Waals surface area contributed by atoms with Crippen LogP contribution in [0, 0.1) is 17.3 Å². The van der Waals surface area contributed by atoms with Crippen molar-refractivity contribution >= 4 is 0 Å². The van der Waals surface area contributed by atoms with Crippen molar-refractivity contribution in [2.45, 2.75) is 46.0 Å². The van der Waals surface area contributed by atoms with E-state index in [1.54, 1.807) is 0 Å². The van der Waals surface area contributed by atoms with Gasteiger partial charge in [0.05, 0.1) is 0 Å². The van der Waals surface area contributed by atoms with E-state index < -0.39 is 0 Å². The number of rotatable bonds is 3. The molecule has 0 aromatic heterocycles. The van der Waals surface area contributed by atoms with Crippen LogP contribution in [0.15, 0.2) is 0 Å². The first-order chi connectivity index (χ1) is 7.61. The van der Waals surface area contributed by atoms with Crippen molar-refractivity contribution in [3.8, 4) is 0 Å². The molecule has 3 unspecified atom stereocenters. The molecule has 0 spiro atoms. The maximum atomic E-state index is 5.86. The van der Waals surface area contributed by atoms with Crippen LogP contribution in [-0.2, 0) is 0 Å². The van der Waals surface area contributed by atoms with Crippen molar-refractivity contribution in [3.63, 3.8) is 0 Å². The molecule has 3 atom stereocenters. The van der Waals surface area contributed by atoms with Gasteiger partial charge in [0.1, 0.15) is 0 Å². The number of hydrogen-bond acceptors (Lipinski definition) is 2. The predicted molar refractivity (Wildman–Crippen MR) is 69.3 cm³/mol. The Labute approximate surface area is 101 Å². The fourth-order valence-corrected chi connectivity index (χ4v) is 3.54. The van der Waals surface area contributed by atoms with Crippen LogP contribution in [0.3, 0.4) is 0 Å². The first-order valence-electron chi connectivity index (χ1n) is 7.04. The number of nitrogens with zero attached hydrogens (tertiary/aromatic N) is 1. The molecule has 0 bridgehead atoms. The molecule has 16 heavy (non-hydrogen) atoms. The van der Waals surface area contributed by atoms with E-state index in [1.807, 2.05) is 0 Å². The molecule has 0 aromatic carbocycles. The van der Waals surface area contributed by atoms with Crippen molar-refractivity contribution in [2.75, 3.05) is 26.2 Å². The lowest BCUT2D eigenvalue weighted by atomic mass is 9.82. The second kappa shape index (κ2) is 5.05. The highest BCUT2D eigenvalue weighted by molar-refractivity contribution is 4.88. The van der Waals surface area contributed by atoms with Crippen LogP contribution in [0.4, 0.5) is 0 Å². The molecular weight excluding hydrogens is 196 g/mol. The van der Waals surface area contributed by atoms with E-state index in [2.05, 4.69) is 18.7 Å². The third-order valence-corrected chi connectivity index (χ3v) is 4.69. The van der Waals surface area contributed by atoms with Gasteiger partial charge in [-0.2, -0.15) is 0 Å². The van der Waals surface area contributed by atoms with Gasteiger partial charge >= 0.3 is 0 Å². The molecule has 2 heteroatoms. The molecule has 1 aliphatic heterocycles. The Balaban J connectivity index is 1.78. The largest absolute Gasteiger partial charge is 0.330 e. The highest BCUT2D eigenvalue weighted by atomic mass is 15.2. The van der Waals surface area contributed by atoms with Crippen LogP contribution in [0.25, 0.3) is 0 Å². The van der Waals surface area contributed by atoms with Crippen molar-refractivity contribution in [2.24, 2.45) is 23.0 Å². The highest BCUT2D eigenvalue weighted by Gasteiger charge is 2.33. The molecule has 1 heterocycles. The molecule has 2 rings (SSSR count). The van der Waals surface area contributed by atoms with E-state index in [4.69, 9.17) is 5.73 Å². The normalized spacial score (nSPS) is 41.4. The Kier molecular flexibility index (Phi) is 3.91. The lowest BCUT2D eigenvalue weighted by molar-refractivity contribution is 0.190. The molecule has 2 nitrogen and oxygen atoms in total. The smallest absolute Gasteiger partial charge is 0.00480 e. The topological polar surface area (TPSA) is 29.3 Å². The Morgan fingerprint density at radius 1 is 1.38 bits per heavy atom. The first kappa shape index (κ1) is 12.4. The van der Waals surface area contributed by atoms with Gasteiger partial charge in [0.25, 0.3) is 0 Å². The lowest BCUT2D eigenvalue weighted by Crippen LogP contribution is -2.34. The second-order valence-corrected chi connectivity index (χ2v) is 6.64. The first-order valence-corrected chi connectivity index (χ1v) is 7.04. The quantitative estimate of drug-likeness (QED) is 0.798. The summed E-state index contributed by atoms with van der Waals surface area (Å²) in [6.07, 6.45) is 7.12. The van der Waals surface area contributed by atoms with E-state index >= 15 is 0 Å². The van der Waals surface area contributed by atoms with E-state index in [1.165, 1.54) is 51.7 Å². The van der Waals surface area contributed by atoms with E-state index in [9.17, 15) is 0 Å². The molecule has 1 aliphatic carbocycles. The number of likely N-dealkylation sites (tertiary alicyclic amines) is 1. The van der Waals surface area contributed by atoms with Crippen LogP contribution >= 0.6 is 0 Å². The van der Waals surface area contributed by atoms with E-state index in [-0.39, 0.29) is 0 Å². The Morgan fingerprint density at radius 2 is 2.19 bits per heavy atom. The minimum absolute atomic E-state index is 0.403. The van der Waals surface area contributed by atoms with Gasteiger partial charge in [-0.3, -0.25) is 0 Å². The average molecular weight is 224 g/mol. The zero-order valence-electron chi connectivity index (χ0n) is 11.0. The van der Waals surface area contributed by atoms with E-state index in [0.717, 1.165) is 18.4 Å². The maximum Gasteiger partial charge on any atom is 0.00480 e. The van der Waals surface area contributed by atoms with Gasteiger partial charge in [-0.15, -0.1) is 0 Å². The van der Waals surface area contributed by atoms with Crippen molar-refractivity contribution in [1.29, 1.82) is 0 Å². The van der Waals surface area contributed by atoms with Crippen molar-refractivity contribution in [3.05, 3.63) is 0 Å². The molecule has 2 aliphatic rings. The Morgan fingerprint density at radius 3 is 2.81 bits per heavy atom. The molecule has 2 N–H and O–H groups in total. The zero-order valence-corrected chi connectivity index (χ0v) is 11.0. The van der Waals surface area contributed by atoms with Crippen LogP contribution in [-0.4, -0.2) is 31.1 Å². The lowest BCUT2D eigenvalue weighted by Gasteiger charge is -2.31. The summed E-state index contributed by atoms with van der Waals surface area (Å²) >= 11 is 0. The second-order valence-electron chi connectivity index (χ2n) is 6.64. The minimum atomic E-state index is 0.403. The average Bonchev–Trinajstić information content (AvgIpc) is 2.61. The number of hydrogen-bond donors (Lipinski definition) is 1. The summed E-state index contributed by atoms with van der Waals surface area (Å²) in [5.41, 5.74) is 6.26. The molecule has 2 fully saturated rings. The third kappa shape index (κ3) is 2.98. The van der Waals surface area contributed by atoms with Gasteiger partial charge in [-0.25, -0.2) is 0 Å². The van der Waals surface area contributed by atoms with Crippen LogP contribution in [0.1, 0.15) is 46.0 Å². The van der Waals surface area contributed by atoms with Crippen LogP contribution < -0.4 is 5.73 Å². The molecule has 1 saturated carbocycles. The fraction of sp³-hybridized carbons (Fsp3) is 1.00. The Bertz CT molecular complexity index is 229. The molecular formula is C14H28N2. The van der Waals surface area contributed by atoms with E-state index in [0.29, 0.717) is 5.41 Å². The third-order valence-electron chi connectivity index (χ3n) is 4.69.